The van der Waals surface area contributed by atoms with Crippen LogP contribution in [0.2, 0.25) is 0 Å². The van der Waals surface area contributed by atoms with Gasteiger partial charge in [-0.3, -0.25) is 0 Å². The third-order valence-corrected chi connectivity index (χ3v) is 9.81. The van der Waals surface area contributed by atoms with Crippen LogP contribution >= 0.6 is 0 Å². The van der Waals surface area contributed by atoms with Crippen LogP contribution in [0.4, 0.5) is 0 Å². The van der Waals surface area contributed by atoms with Gasteiger partial charge in [0.05, 0.1) is 78.8 Å². The highest BCUT2D eigenvalue weighted by Crippen LogP contribution is 2.58. The van der Waals surface area contributed by atoms with Gasteiger partial charge in [-0.25, -0.2) is 29.9 Å². The van der Waals surface area contributed by atoms with Gasteiger partial charge in [0, 0.05) is 21.9 Å². The molecule has 2 aliphatic rings. The van der Waals surface area contributed by atoms with Gasteiger partial charge >= 0.3 is 0 Å². The minimum atomic E-state index is 0.201. The second-order valence-corrected chi connectivity index (χ2v) is 12.5. The number of hydrogen-bond acceptors (Lipinski definition) is 14. The maximum Gasteiger partial charge on any atom is 0.208 e. The van der Waals surface area contributed by atoms with Crippen LogP contribution in [-0.2, 0) is 0 Å². The van der Waals surface area contributed by atoms with E-state index in [0.29, 0.717) is 79.2 Å². The van der Waals surface area contributed by atoms with E-state index in [1.54, 1.807) is 0 Å². The summed E-state index contributed by atoms with van der Waals surface area (Å²) in [7, 11) is 12.2. The van der Waals surface area contributed by atoms with Gasteiger partial charge in [-0.15, -0.1) is 0 Å². The second-order valence-electron chi connectivity index (χ2n) is 12.5. The average Bonchev–Trinajstić information content (AvgIpc) is 3.97. The van der Waals surface area contributed by atoms with Gasteiger partial charge in [0.15, 0.2) is 46.3 Å². The summed E-state index contributed by atoms with van der Waals surface area (Å²) in [5, 5.41) is 2.57. The molecule has 0 saturated heterocycles. The molecule has 16 nitrogen and oxygen atoms in total. The van der Waals surface area contributed by atoms with E-state index >= 15 is 0 Å². The molecule has 8 bridgehead atoms. The number of benzene rings is 4. The predicted molar refractivity (Wildman–Crippen MR) is 208 cm³/mol. The van der Waals surface area contributed by atoms with Crippen LogP contribution in [0, 0.1) is 0 Å². The van der Waals surface area contributed by atoms with E-state index in [9.17, 15) is 0 Å². The highest BCUT2D eigenvalue weighted by Gasteiger charge is 2.36. The Morgan fingerprint density at radius 1 is 0.339 bits per heavy atom. The second kappa shape index (κ2) is 13.2. The molecule has 282 valence electrons. The van der Waals surface area contributed by atoms with E-state index < -0.39 is 0 Å². The summed E-state index contributed by atoms with van der Waals surface area (Å²) in [6.45, 7) is 0. The predicted octanol–water partition coefficient (Wildman–Crippen LogP) is 6.94. The zero-order valence-electron chi connectivity index (χ0n) is 31.6. The molecule has 3 aromatic heterocycles. The Hall–Kier alpha value is -7.36. The third kappa shape index (κ3) is 4.77. The Balaban J connectivity index is 1.58. The number of aromatic amines is 2. The lowest BCUT2D eigenvalue weighted by Gasteiger charge is -2.19. The number of hydrogen-bond donors (Lipinski definition) is 2. The van der Waals surface area contributed by atoms with Crippen LogP contribution in [0.25, 0.3) is 89.7 Å². The molecule has 16 heteroatoms. The van der Waals surface area contributed by atoms with Crippen molar-refractivity contribution in [2.24, 2.45) is 0 Å². The van der Waals surface area contributed by atoms with Gasteiger partial charge in [0.25, 0.3) is 0 Å². The molecule has 0 amide bonds. The van der Waals surface area contributed by atoms with Crippen molar-refractivity contribution < 1.29 is 37.9 Å². The summed E-state index contributed by atoms with van der Waals surface area (Å²) in [4.78, 5) is 37.4. The van der Waals surface area contributed by atoms with Crippen LogP contribution in [0.5, 0.6) is 46.0 Å². The van der Waals surface area contributed by atoms with Crippen LogP contribution in [0.3, 0.4) is 0 Å². The van der Waals surface area contributed by atoms with E-state index in [1.165, 1.54) is 56.9 Å². The van der Waals surface area contributed by atoms with Crippen LogP contribution in [-0.4, -0.2) is 96.8 Å². The standard InChI is InChI=1S/C40H34N8O8/c1-49-25-21-23(27(51-3)31(55-7)29(25)53-5)39-46-37(21)44-35-19-15-11-9-13-17(19)33(42-35)41-34-18-14-10-12-16-20(18)36(43-34)45-38-22-24(40(47-38)48-39)28(52-4)32(56-8)30(54-6)26(22)50-2/h9-16H,1-8H3,(H2,41,42,43,44,45,46,47,48). The first-order valence-electron chi connectivity index (χ1n) is 17.2. The van der Waals surface area contributed by atoms with Crippen molar-refractivity contribution in [3.63, 3.8) is 0 Å². The minimum Gasteiger partial charge on any atom is -0.492 e. The number of nitrogens with one attached hydrogen (secondary N) is 2. The summed E-state index contributed by atoms with van der Waals surface area (Å²) < 4.78 is 47.5. The van der Waals surface area contributed by atoms with Gasteiger partial charge in [-0.2, -0.15) is 0 Å². The number of aromatic nitrogens is 8. The van der Waals surface area contributed by atoms with Crippen molar-refractivity contribution in [2.75, 3.05) is 56.9 Å². The first-order valence-corrected chi connectivity index (χ1v) is 17.2. The van der Waals surface area contributed by atoms with Crippen molar-refractivity contribution >= 4 is 44.1 Å². The topological polar surface area (TPSA) is 183 Å². The van der Waals surface area contributed by atoms with E-state index in [1.807, 2.05) is 48.5 Å². The minimum absolute atomic E-state index is 0.201. The SMILES string of the molecule is COc1c(OC)c(OC)c2c(c1OC)-c1nc-2nc2[nH]c(nc3nc(nc4[nH]c(n1)c1ccccc41)-c1ccccc1-3)c1c(OC)c(OC)c(OC)c(OC)c21. The normalized spacial score (nSPS) is 11.6. The summed E-state index contributed by atoms with van der Waals surface area (Å²) in [5.41, 5.74) is 4.13. The van der Waals surface area contributed by atoms with E-state index in [4.69, 9.17) is 67.8 Å². The quantitative estimate of drug-likeness (QED) is 0.163. The smallest absolute Gasteiger partial charge is 0.208 e. The molecule has 5 heterocycles. The number of rotatable bonds is 8. The molecule has 0 unspecified atom stereocenters. The van der Waals surface area contributed by atoms with Crippen LogP contribution in [0.1, 0.15) is 0 Å². The number of fused-ring (bicyclic) bond motifs is 20. The summed E-state index contributed by atoms with van der Waals surface area (Å²) in [5.74, 6) is 3.67. The Labute approximate surface area is 318 Å². The molecule has 0 aliphatic carbocycles. The Kier molecular flexibility index (Phi) is 8.10. The molecule has 4 aromatic carbocycles. The molecular formula is C40H34N8O8. The number of H-pyrrole nitrogens is 2. The molecule has 7 aromatic rings. The zero-order valence-corrected chi connectivity index (χ0v) is 31.6. The van der Waals surface area contributed by atoms with Crippen LogP contribution in [0.15, 0.2) is 48.5 Å². The van der Waals surface area contributed by atoms with Crippen molar-refractivity contribution in [3.05, 3.63) is 48.5 Å². The molecule has 0 saturated carbocycles. The van der Waals surface area contributed by atoms with E-state index in [-0.39, 0.29) is 34.5 Å². The molecule has 0 atom stereocenters. The summed E-state index contributed by atoms with van der Waals surface area (Å²) >= 11 is 0. The zero-order chi connectivity index (χ0) is 38.8. The molecule has 0 radical (unpaired) electrons. The lowest BCUT2D eigenvalue weighted by atomic mass is 10.0. The molecule has 56 heavy (non-hydrogen) atoms. The fourth-order valence-electron chi connectivity index (χ4n) is 7.51. The van der Waals surface area contributed by atoms with Gasteiger partial charge in [-0.05, 0) is 0 Å². The van der Waals surface area contributed by atoms with Gasteiger partial charge < -0.3 is 47.9 Å². The Morgan fingerprint density at radius 3 is 1.09 bits per heavy atom. The fourth-order valence-corrected chi connectivity index (χ4v) is 7.51. The first-order chi connectivity index (χ1) is 27.4. The first kappa shape index (κ1) is 34.4. The van der Waals surface area contributed by atoms with Crippen molar-refractivity contribution in [2.45, 2.75) is 0 Å². The fraction of sp³-hybridized carbons (Fsp3) is 0.200. The van der Waals surface area contributed by atoms with Crippen molar-refractivity contribution in [3.8, 4) is 91.5 Å². The van der Waals surface area contributed by atoms with Crippen molar-refractivity contribution in [1.29, 1.82) is 0 Å². The van der Waals surface area contributed by atoms with Crippen molar-refractivity contribution in [1.82, 2.24) is 39.9 Å². The van der Waals surface area contributed by atoms with Gasteiger partial charge in [0.1, 0.15) is 22.6 Å². The van der Waals surface area contributed by atoms with E-state index in [0.717, 1.165) is 21.9 Å². The highest BCUT2D eigenvalue weighted by atomic mass is 16.6. The Morgan fingerprint density at radius 2 is 0.661 bits per heavy atom. The maximum atomic E-state index is 6.03. The molecule has 0 fully saturated rings. The molecule has 9 rings (SSSR count). The van der Waals surface area contributed by atoms with Crippen LogP contribution < -0.4 is 37.9 Å². The lowest BCUT2D eigenvalue weighted by Crippen LogP contribution is -2.01. The molecular weight excluding hydrogens is 720 g/mol. The van der Waals surface area contributed by atoms with E-state index in [2.05, 4.69) is 9.97 Å². The lowest BCUT2D eigenvalue weighted by molar-refractivity contribution is 0.307. The van der Waals surface area contributed by atoms with Gasteiger partial charge in [-0.1, -0.05) is 48.5 Å². The monoisotopic (exact) mass is 754 g/mol. The molecule has 2 aliphatic heterocycles. The molecule has 0 spiro atoms. The summed E-state index contributed by atoms with van der Waals surface area (Å²) in [6.07, 6.45) is 0. The summed E-state index contributed by atoms with van der Waals surface area (Å²) in [6, 6.07) is 15.6. The number of nitrogens with zero attached hydrogens (tertiary/aromatic N) is 6. The number of ether oxygens (including phenoxy) is 8. The molecule has 2 N–H and O–H groups in total. The largest absolute Gasteiger partial charge is 0.492 e. The maximum absolute atomic E-state index is 6.03. The Bertz CT molecular complexity index is 2940. The third-order valence-electron chi connectivity index (χ3n) is 9.81. The highest BCUT2D eigenvalue weighted by molar-refractivity contribution is 6.14. The number of methoxy groups -OCH3 is 8. The average molecular weight is 755 g/mol. The van der Waals surface area contributed by atoms with Gasteiger partial charge in [0.2, 0.25) is 23.0 Å².